The van der Waals surface area contributed by atoms with Gasteiger partial charge in [0.2, 0.25) is 0 Å². The lowest BCUT2D eigenvalue weighted by molar-refractivity contribution is 0.0694. The molecule has 4 rings (SSSR count). The van der Waals surface area contributed by atoms with E-state index < -0.39 is 12.0 Å². The molecule has 2 heterocycles. The van der Waals surface area contributed by atoms with Crippen molar-refractivity contribution in [2.24, 2.45) is 0 Å². The molecule has 0 fully saturated rings. The molecule has 1 amide bonds. The molecule has 0 radical (unpaired) electrons. The van der Waals surface area contributed by atoms with Crippen LogP contribution in [-0.2, 0) is 6.54 Å². The summed E-state index contributed by atoms with van der Waals surface area (Å²) in [7, 11) is 0. The molecule has 4 aromatic rings. The predicted octanol–water partition coefficient (Wildman–Crippen LogP) is 5.48. The van der Waals surface area contributed by atoms with Gasteiger partial charge in [-0.2, -0.15) is 0 Å². The van der Waals surface area contributed by atoms with E-state index in [4.69, 9.17) is 32.6 Å². The van der Waals surface area contributed by atoms with Gasteiger partial charge in [-0.05, 0) is 50.2 Å². The highest BCUT2D eigenvalue weighted by Gasteiger charge is 2.22. The summed E-state index contributed by atoms with van der Waals surface area (Å²) in [6.45, 7) is 3.68. The van der Waals surface area contributed by atoms with Gasteiger partial charge in [-0.15, -0.1) is 0 Å². The molecule has 0 aliphatic carbocycles. The highest BCUT2D eigenvalue weighted by Crippen LogP contribution is 2.26. The minimum atomic E-state index is -1.05. The summed E-state index contributed by atoms with van der Waals surface area (Å²) in [6, 6.07) is 13.2. The molecule has 0 saturated carbocycles. The van der Waals surface area contributed by atoms with Crippen LogP contribution in [0.4, 0.5) is 0 Å². The number of nitrogens with one attached hydrogen (secondary N) is 1. The van der Waals surface area contributed by atoms with E-state index in [1.54, 1.807) is 19.1 Å². The van der Waals surface area contributed by atoms with Gasteiger partial charge in [0.25, 0.3) is 5.91 Å². The third-order valence-electron chi connectivity index (χ3n) is 5.11. The van der Waals surface area contributed by atoms with E-state index in [1.807, 2.05) is 35.8 Å². The number of hydrogen-bond acceptors (Lipinski definition) is 4. The molecule has 0 saturated heterocycles. The molecule has 7 nitrogen and oxygen atoms in total. The van der Waals surface area contributed by atoms with Gasteiger partial charge in [0, 0.05) is 5.02 Å². The lowest BCUT2D eigenvalue weighted by Crippen LogP contribution is -2.29. The second-order valence-corrected chi connectivity index (χ2v) is 8.20. The number of aromatic nitrogens is 2. The Bertz CT molecular complexity index is 1340. The number of carboxylic acids is 1. The monoisotopic (exact) mass is 471 g/mol. The zero-order valence-electron chi connectivity index (χ0n) is 17.2. The van der Waals surface area contributed by atoms with Crippen LogP contribution in [0.15, 0.2) is 52.9 Å². The van der Waals surface area contributed by atoms with Crippen LogP contribution < -0.4 is 5.32 Å². The molecule has 2 N–H and O–H groups in total. The first-order valence-corrected chi connectivity index (χ1v) is 10.5. The fourth-order valence-electron chi connectivity index (χ4n) is 3.59. The Morgan fingerprint density at radius 1 is 1.16 bits per heavy atom. The topological polar surface area (TPSA) is 97.4 Å². The first kappa shape index (κ1) is 21.9. The smallest absolute Gasteiger partial charge is 0.339 e. The van der Waals surface area contributed by atoms with Crippen molar-refractivity contribution >= 4 is 46.1 Å². The molecular weight excluding hydrogens is 453 g/mol. The number of benzene rings is 2. The Morgan fingerprint density at radius 3 is 2.59 bits per heavy atom. The van der Waals surface area contributed by atoms with E-state index >= 15 is 0 Å². The van der Waals surface area contributed by atoms with Gasteiger partial charge < -0.3 is 19.4 Å². The van der Waals surface area contributed by atoms with E-state index in [0.29, 0.717) is 27.9 Å². The van der Waals surface area contributed by atoms with Crippen LogP contribution in [0.3, 0.4) is 0 Å². The highest BCUT2D eigenvalue weighted by atomic mass is 35.5. The number of imidazole rings is 1. The number of furan rings is 1. The standard InChI is InChI=1S/C23H19Cl2N3O4/c1-12(26-22(29)16-8-7-14(24)9-18(16)25)21-27-19-5-3-4-6-20(19)28(21)11-15-10-17(23(30)31)13(2)32-15/h3-10,12H,11H2,1-2H3,(H,26,29)(H,30,31). The molecule has 1 unspecified atom stereocenters. The van der Waals surface area contributed by atoms with Crippen molar-refractivity contribution in [2.75, 3.05) is 0 Å². The number of rotatable bonds is 6. The lowest BCUT2D eigenvalue weighted by Gasteiger charge is -2.16. The van der Waals surface area contributed by atoms with Crippen LogP contribution in [-0.4, -0.2) is 26.5 Å². The van der Waals surface area contributed by atoms with E-state index in [0.717, 1.165) is 11.0 Å². The molecule has 1 atom stereocenters. The van der Waals surface area contributed by atoms with Crippen LogP contribution in [0, 0.1) is 6.92 Å². The number of para-hydroxylation sites is 2. The van der Waals surface area contributed by atoms with Crippen LogP contribution in [0.25, 0.3) is 11.0 Å². The minimum Gasteiger partial charge on any atom is -0.478 e. The molecule has 32 heavy (non-hydrogen) atoms. The second-order valence-electron chi connectivity index (χ2n) is 7.35. The first-order chi connectivity index (χ1) is 15.2. The fraction of sp³-hybridized carbons (Fsp3) is 0.174. The number of fused-ring (bicyclic) bond motifs is 1. The maximum Gasteiger partial charge on any atom is 0.339 e. The predicted molar refractivity (Wildman–Crippen MR) is 122 cm³/mol. The molecule has 2 aromatic carbocycles. The number of aryl methyl sites for hydroxylation is 1. The van der Waals surface area contributed by atoms with Crippen molar-refractivity contribution in [3.8, 4) is 0 Å². The molecule has 9 heteroatoms. The Balaban J connectivity index is 1.68. The molecule has 0 spiro atoms. The van der Waals surface area contributed by atoms with Gasteiger partial charge >= 0.3 is 5.97 Å². The van der Waals surface area contributed by atoms with E-state index in [9.17, 15) is 14.7 Å². The summed E-state index contributed by atoms with van der Waals surface area (Å²) in [5.41, 5.74) is 2.00. The maximum absolute atomic E-state index is 12.8. The average Bonchev–Trinajstić information content (AvgIpc) is 3.29. The molecular formula is C23H19Cl2N3O4. The van der Waals surface area contributed by atoms with Crippen LogP contribution in [0.1, 0.15) is 51.0 Å². The summed E-state index contributed by atoms with van der Waals surface area (Å²) in [4.78, 5) is 28.9. The zero-order valence-corrected chi connectivity index (χ0v) is 18.7. The number of halogens is 2. The van der Waals surface area contributed by atoms with Gasteiger partial charge in [0.1, 0.15) is 22.9 Å². The summed E-state index contributed by atoms with van der Waals surface area (Å²) in [5.74, 6) is -0.00944. The van der Waals surface area contributed by atoms with E-state index in [1.165, 1.54) is 12.1 Å². The fourth-order valence-corrected chi connectivity index (χ4v) is 4.09. The Hall–Kier alpha value is -3.29. The molecule has 0 bridgehead atoms. The number of hydrogen-bond donors (Lipinski definition) is 2. The largest absolute Gasteiger partial charge is 0.478 e. The van der Waals surface area contributed by atoms with Crippen LogP contribution in [0.5, 0.6) is 0 Å². The number of carbonyl (C=O) groups is 2. The second kappa shape index (κ2) is 8.68. The molecule has 0 aliphatic rings. The quantitative estimate of drug-likeness (QED) is 0.387. The zero-order chi connectivity index (χ0) is 23.0. The number of carboxylic acid groups (broad SMARTS) is 1. The van der Waals surface area contributed by atoms with Crippen molar-refractivity contribution < 1.29 is 19.1 Å². The average molecular weight is 472 g/mol. The summed E-state index contributed by atoms with van der Waals surface area (Å²) in [6.07, 6.45) is 0. The van der Waals surface area contributed by atoms with Crippen molar-refractivity contribution in [3.05, 3.63) is 87.0 Å². The van der Waals surface area contributed by atoms with Gasteiger partial charge in [-0.1, -0.05) is 35.3 Å². The van der Waals surface area contributed by atoms with Crippen LogP contribution in [0.2, 0.25) is 10.0 Å². The molecule has 2 aromatic heterocycles. The number of carbonyl (C=O) groups excluding carboxylic acids is 1. The molecule has 0 aliphatic heterocycles. The summed E-state index contributed by atoms with van der Waals surface area (Å²) >= 11 is 12.1. The van der Waals surface area contributed by atoms with Gasteiger partial charge in [0.05, 0.1) is 34.2 Å². The van der Waals surface area contributed by atoms with E-state index in [-0.39, 0.29) is 23.0 Å². The normalized spacial score (nSPS) is 12.1. The summed E-state index contributed by atoms with van der Waals surface area (Å²) < 4.78 is 7.56. The molecule has 164 valence electrons. The third kappa shape index (κ3) is 4.22. The SMILES string of the molecule is Cc1oc(Cn2c(C(C)NC(=O)c3ccc(Cl)cc3Cl)nc3ccccc32)cc1C(=O)O. The highest BCUT2D eigenvalue weighted by molar-refractivity contribution is 6.36. The number of nitrogens with zero attached hydrogens (tertiary/aromatic N) is 2. The first-order valence-electron chi connectivity index (χ1n) is 9.78. The van der Waals surface area contributed by atoms with Gasteiger partial charge in [-0.25, -0.2) is 9.78 Å². The third-order valence-corrected chi connectivity index (χ3v) is 5.66. The van der Waals surface area contributed by atoms with Gasteiger partial charge in [0.15, 0.2) is 0 Å². The Labute approximate surface area is 193 Å². The number of amides is 1. The van der Waals surface area contributed by atoms with Crippen molar-refractivity contribution in [3.63, 3.8) is 0 Å². The van der Waals surface area contributed by atoms with Gasteiger partial charge in [-0.3, -0.25) is 4.79 Å². The van der Waals surface area contributed by atoms with Crippen molar-refractivity contribution in [1.82, 2.24) is 14.9 Å². The maximum atomic E-state index is 12.8. The number of aromatic carboxylic acids is 1. The van der Waals surface area contributed by atoms with Crippen molar-refractivity contribution in [2.45, 2.75) is 26.4 Å². The Morgan fingerprint density at radius 2 is 1.91 bits per heavy atom. The van der Waals surface area contributed by atoms with Crippen LogP contribution >= 0.6 is 23.2 Å². The van der Waals surface area contributed by atoms with Crippen molar-refractivity contribution in [1.29, 1.82) is 0 Å². The van der Waals surface area contributed by atoms with E-state index in [2.05, 4.69) is 5.32 Å². The summed E-state index contributed by atoms with van der Waals surface area (Å²) in [5, 5.41) is 12.9. The minimum absolute atomic E-state index is 0.115. The Kier molecular flexibility index (Phi) is 5.95. The lowest BCUT2D eigenvalue weighted by atomic mass is 10.2.